The third kappa shape index (κ3) is 11.0. The Kier molecular flexibility index (Phi) is 12.0. The molecule has 0 radical (unpaired) electrons. The SMILES string of the molecule is CCNC(=NCC(C)Oc1cccc(F)c1)NCCNC(=O)C(C)(C)C.I. The van der Waals surface area contributed by atoms with Crippen LogP contribution in [0.5, 0.6) is 5.75 Å². The van der Waals surface area contributed by atoms with Crippen LogP contribution in [0.2, 0.25) is 0 Å². The minimum atomic E-state index is -0.401. The summed E-state index contributed by atoms with van der Waals surface area (Å²) in [6.07, 6.45) is -0.201. The van der Waals surface area contributed by atoms with Crippen LogP contribution in [0.1, 0.15) is 34.6 Å². The number of benzene rings is 1. The van der Waals surface area contributed by atoms with Crippen LogP contribution in [-0.2, 0) is 4.79 Å². The molecule has 0 spiro atoms. The zero-order valence-electron chi connectivity index (χ0n) is 16.8. The van der Waals surface area contributed by atoms with Crippen molar-refractivity contribution < 1.29 is 13.9 Å². The predicted molar refractivity (Wildman–Crippen MR) is 118 cm³/mol. The Bertz CT molecular complexity index is 606. The molecule has 27 heavy (non-hydrogen) atoms. The highest BCUT2D eigenvalue weighted by molar-refractivity contribution is 14.0. The van der Waals surface area contributed by atoms with Gasteiger partial charge >= 0.3 is 0 Å². The van der Waals surface area contributed by atoms with Crippen LogP contribution in [0.15, 0.2) is 29.3 Å². The Morgan fingerprint density at radius 1 is 1.22 bits per heavy atom. The van der Waals surface area contributed by atoms with Gasteiger partial charge < -0.3 is 20.7 Å². The van der Waals surface area contributed by atoms with E-state index in [-0.39, 0.29) is 41.8 Å². The summed E-state index contributed by atoms with van der Waals surface area (Å²) in [5.41, 5.74) is -0.401. The summed E-state index contributed by atoms with van der Waals surface area (Å²) in [4.78, 5) is 16.3. The molecule has 3 N–H and O–H groups in total. The second-order valence-electron chi connectivity index (χ2n) is 7.04. The van der Waals surface area contributed by atoms with Crippen molar-refractivity contribution in [1.82, 2.24) is 16.0 Å². The molecule has 1 rings (SSSR count). The Balaban J connectivity index is 0.00000676. The lowest BCUT2D eigenvalue weighted by molar-refractivity contribution is -0.128. The third-order valence-corrected chi connectivity index (χ3v) is 3.37. The Morgan fingerprint density at radius 3 is 2.48 bits per heavy atom. The molecule has 0 aliphatic rings. The summed E-state index contributed by atoms with van der Waals surface area (Å²) >= 11 is 0. The van der Waals surface area contributed by atoms with Gasteiger partial charge in [-0.1, -0.05) is 26.8 Å². The Hall–Kier alpha value is -1.58. The van der Waals surface area contributed by atoms with E-state index in [1.807, 2.05) is 34.6 Å². The predicted octanol–water partition coefficient (Wildman–Crippen LogP) is 2.93. The van der Waals surface area contributed by atoms with E-state index in [1.165, 1.54) is 12.1 Å². The van der Waals surface area contributed by atoms with Crippen molar-refractivity contribution in [2.75, 3.05) is 26.2 Å². The summed E-state index contributed by atoms with van der Waals surface area (Å²) in [6.45, 7) is 11.7. The molecule has 1 aromatic rings. The van der Waals surface area contributed by atoms with Crippen LogP contribution in [0.3, 0.4) is 0 Å². The molecule has 154 valence electrons. The van der Waals surface area contributed by atoms with E-state index in [9.17, 15) is 9.18 Å². The molecule has 1 unspecified atom stereocenters. The number of amides is 1. The first kappa shape index (κ1) is 25.4. The fourth-order valence-corrected chi connectivity index (χ4v) is 1.99. The Labute approximate surface area is 178 Å². The third-order valence-electron chi connectivity index (χ3n) is 3.37. The van der Waals surface area contributed by atoms with Crippen LogP contribution in [0.4, 0.5) is 4.39 Å². The van der Waals surface area contributed by atoms with E-state index < -0.39 is 5.41 Å². The average Bonchev–Trinajstić information content (AvgIpc) is 2.55. The van der Waals surface area contributed by atoms with Gasteiger partial charge in [-0.3, -0.25) is 4.79 Å². The summed E-state index contributed by atoms with van der Waals surface area (Å²) in [5.74, 6) is 0.812. The van der Waals surface area contributed by atoms with Crippen molar-refractivity contribution >= 4 is 35.8 Å². The molecule has 0 bridgehead atoms. The van der Waals surface area contributed by atoms with Crippen molar-refractivity contribution in [1.29, 1.82) is 0 Å². The molecule has 6 nitrogen and oxygen atoms in total. The van der Waals surface area contributed by atoms with Crippen LogP contribution < -0.4 is 20.7 Å². The Morgan fingerprint density at radius 2 is 1.89 bits per heavy atom. The average molecular weight is 494 g/mol. The fourth-order valence-electron chi connectivity index (χ4n) is 1.99. The number of halogens is 2. The molecule has 0 fully saturated rings. The zero-order valence-corrected chi connectivity index (χ0v) is 19.1. The molecular formula is C19H32FIN4O2. The summed E-state index contributed by atoms with van der Waals surface area (Å²) in [6, 6.07) is 6.05. The highest BCUT2D eigenvalue weighted by Gasteiger charge is 2.20. The monoisotopic (exact) mass is 494 g/mol. The number of hydrogen-bond acceptors (Lipinski definition) is 3. The maximum Gasteiger partial charge on any atom is 0.225 e. The quantitative estimate of drug-likeness (QED) is 0.225. The molecule has 1 aromatic carbocycles. The normalized spacial score (nSPS) is 12.6. The maximum atomic E-state index is 13.2. The highest BCUT2D eigenvalue weighted by atomic mass is 127. The van der Waals surface area contributed by atoms with Crippen molar-refractivity contribution in [3.05, 3.63) is 30.1 Å². The lowest BCUT2D eigenvalue weighted by Crippen LogP contribution is -2.43. The van der Waals surface area contributed by atoms with Gasteiger partial charge in [0.2, 0.25) is 5.91 Å². The molecule has 0 aliphatic heterocycles. The topological polar surface area (TPSA) is 74.8 Å². The van der Waals surface area contributed by atoms with Gasteiger partial charge in [0.05, 0.1) is 6.54 Å². The van der Waals surface area contributed by atoms with Crippen LogP contribution >= 0.6 is 24.0 Å². The number of carbonyl (C=O) groups excluding carboxylic acids is 1. The minimum Gasteiger partial charge on any atom is -0.489 e. The molecule has 1 amide bonds. The van der Waals surface area contributed by atoms with Gasteiger partial charge in [-0.2, -0.15) is 0 Å². The molecule has 0 heterocycles. The van der Waals surface area contributed by atoms with Crippen LogP contribution in [-0.4, -0.2) is 44.1 Å². The summed E-state index contributed by atoms with van der Waals surface area (Å²) < 4.78 is 18.8. The molecule has 8 heteroatoms. The molecular weight excluding hydrogens is 462 g/mol. The van der Waals surface area contributed by atoms with Crippen molar-refractivity contribution in [2.45, 2.75) is 40.7 Å². The number of aliphatic imine (C=N–C) groups is 1. The van der Waals surface area contributed by atoms with E-state index in [1.54, 1.807) is 12.1 Å². The van der Waals surface area contributed by atoms with Gasteiger partial charge in [0, 0.05) is 31.1 Å². The molecule has 0 aliphatic carbocycles. The van der Waals surface area contributed by atoms with Crippen LogP contribution in [0.25, 0.3) is 0 Å². The second kappa shape index (κ2) is 12.7. The minimum absolute atomic E-state index is 0. The lowest BCUT2D eigenvalue weighted by Gasteiger charge is -2.18. The number of nitrogens with one attached hydrogen (secondary N) is 3. The number of carbonyl (C=O) groups is 1. The van der Waals surface area contributed by atoms with E-state index in [0.29, 0.717) is 31.3 Å². The first-order chi connectivity index (χ1) is 12.2. The molecule has 0 aromatic heterocycles. The summed E-state index contributed by atoms with van der Waals surface area (Å²) in [7, 11) is 0. The van der Waals surface area contributed by atoms with Crippen molar-refractivity contribution in [2.24, 2.45) is 10.4 Å². The van der Waals surface area contributed by atoms with Gasteiger partial charge in [0.1, 0.15) is 17.7 Å². The molecule has 0 saturated heterocycles. The number of rotatable bonds is 8. The maximum absolute atomic E-state index is 13.2. The first-order valence-electron chi connectivity index (χ1n) is 8.95. The molecule has 0 saturated carbocycles. The number of ether oxygens (including phenoxy) is 1. The van der Waals surface area contributed by atoms with E-state index in [0.717, 1.165) is 6.54 Å². The second-order valence-corrected chi connectivity index (χ2v) is 7.04. The van der Waals surface area contributed by atoms with Crippen LogP contribution in [0, 0.1) is 11.2 Å². The zero-order chi connectivity index (χ0) is 19.6. The van der Waals surface area contributed by atoms with Gasteiger partial charge in [0.15, 0.2) is 5.96 Å². The lowest BCUT2D eigenvalue weighted by atomic mass is 9.96. The number of guanidine groups is 1. The first-order valence-corrected chi connectivity index (χ1v) is 8.95. The van der Waals surface area contributed by atoms with Gasteiger partial charge in [-0.05, 0) is 26.0 Å². The molecule has 1 atom stereocenters. The van der Waals surface area contributed by atoms with E-state index in [4.69, 9.17) is 4.74 Å². The van der Waals surface area contributed by atoms with Gasteiger partial charge in [-0.15, -0.1) is 24.0 Å². The van der Waals surface area contributed by atoms with E-state index >= 15 is 0 Å². The fraction of sp³-hybridized carbons (Fsp3) is 0.579. The van der Waals surface area contributed by atoms with E-state index in [2.05, 4.69) is 20.9 Å². The largest absolute Gasteiger partial charge is 0.489 e. The highest BCUT2D eigenvalue weighted by Crippen LogP contribution is 2.14. The smallest absolute Gasteiger partial charge is 0.225 e. The number of hydrogen-bond donors (Lipinski definition) is 3. The van der Waals surface area contributed by atoms with Crippen molar-refractivity contribution in [3.8, 4) is 5.75 Å². The van der Waals surface area contributed by atoms with Gasteiger partial charge in [0.25, 0.3) is 0 Å². The summed E-state index contributed by atoms with van der Waals surface area (Å²) in [5, 5.41) is 9.18. The standard InChI is InChI=1S/C19H31FN4O2.HI/c1-6-21-18(23-11-10-22-17(25)19(3,4)5)24-13-14(2)26-16-9-7-8-15(20)12-16;/h7-9,12,14H,6,10-11,13H2,1-5H3,(H,22,25)(H2,21,23,24);1H. The van der Waals surface area contributed by atoms with Gasteiger partial charge in [-0.25, -0.2) is 9.38 Å². The number of nitrogens with zero attached hydrogens (tertiary/aromatic N) is 1. The van der Waals surface area contributed by atoms with Crippen molar-refractivity contribution in [3.63, 3.8) is 0 Å².